The first-order valence-corrected chi connectivity index (χ1v) is 31.1. The summed E-state index contributed by atoms with van der Waals surface area (Å²) < 4.78 is 5.47. The van der Waals surface area contributed by atoms with Gasteiger partial charge in [-0.25, -0.2) is 0 Å². The number of hydrogen-bond donors (Lipinski definition) is 3. The average molecular weight is 973 g/mol. The van der Waals surface area contributed by atoms with Gasteiger partial charge in [0.15, 0.2) is 0 Å². The molecule has 0 aliphatic heterocycles. The molecule has 0 heterocycles. The molecule has 0 fully saturated rings. The van der Waals surface area contributed by atoms with E-state index in [0.29, 0.717) is 25.9 Å². The molecule has 0 aromatic carbocycles. The van der Waals surface area contributed by atoms with Crippen LogP contribution in [0.15, 0.2) is 24.3 Å². The first kappa shape index (κ1) is 67.3. The van der Waals surface area contributed by atoms with Crippen LogP contribution in [0, 0.1) is 0 Å². The molecular formula is C63H121NO5. The van der Waals surface area contributed by atoms with Crippen molar-refractivity contribution < 1.29 is 24.5 Å². The molecule has 0 bridgehead atoms. The van der Waals surface area contributed by atoms with E-state index in [2.05, 4.69) is 43.5 Å². The number of carbonyl (C=O) groups is 2. The predicted molar refractivity (Wildman–Crippen MR) is 301 cm³/mol. The van der Waals surface area contributed by atoms with Crippen molar-refractivity contribution in [3.8, 4) is 0 Å². The van der Waals surface area contributed by atoms with Crippen LogP contribution in [0.5, 0.6) is 0 Å². The fourth-order valence-electron chi connectivity index (χ4n) is 9.69. The van der Waals surface area contributed by atoms with Gasteiger partial charge in [-0.15, -0.1) is 0 Å². The van der Waals surface area contributed by atoms with Gasteiger partial charge in [-0.05, 0) is 77.0 Å². The molecule has 0 aliphatic carbocycles. The van der Waals surface area contributed by atoms with Gasteiger partial charge in [0, 0.05) is 12.8 Å². The Labute approximate surface area is 431 Å². The van der Waals surface area contributed by atoms with Crippen molar-refractivity contribution >= 4 is 11.9 Å². The Morgan fingerprint density at radius 1 is 0.391 bits per heavy atom. The molecular weight excluding hydrogens is 851 g/mol. The van der Waals surface area contributed by atoms with E-state index in [4.69, 9.17) is 4.74 Å². The van der Waals surface area contributed by atoms with Crippen molar-refractivity contribution in [2.45, 2.75) is 353 Å². The highest BCUT2D eigenvalue weighted by Gasteiger charge is 2.20. The van der Waals surface area contributed by atoms with Gasteiger partial charge in [0.2, 0.25) is 5.91 Å². The first-order valence-electron chi connectivity index (χ1n) is 31.1. The number of esters is 1. The molecule has 408 valence electrons. The molecule has 0 aromatic rings. The zero-order valence-corrected chi connectivity index (χ0v) is 46.6. The van der Waals surface area contributed by atoms with Gasteiger partial charge < -0.3 is 20.3 Å². The third kappa shape index (κ3) is 55.5. The minimum absolute atomic E-state index is 0.00359. The standard InChI is InChI=1S/C63H121NO5/c1-3-5-7-9-11-13-15-17-29-32-35-39-43-47-51-55-61(66)60(59-65)64-62(67)56-52-48-44-40-36-33-30-27-25-23-21-19-18-20-22-24-26-28-31-34-38-42-46-50-54-58-69-63(68)57-53-49-45-41-37-16-14-12-10-8-6-4-2/h12,14,19,21,60-61,65-66H,3-11,13,15-18,20,22-59H2,1-2H3,(H,64,67)/b14-12-,21-19-. The van der Waals surface area contributed by atoms with Crippen LogP contribution in [0.2, 0.25) is 0 Å². The number of ether oxygens (including phenoxy) is 1. The molecule has 2 atom stereocenters. The Morgan fingerprint density at radius 2 is 0.681 bits per heavy atom. The quantitative estimate of drug-likeness (QED) is 0.0321. The number of aliphatic hydroxyl groups excluding tert-OH is 2. The summed E-state index contributed by atoms with van der Waals surface area (Å²) in [7, 11) is 0. The molecule has 1 amide bonds. The van der Waals surface area contributed by atoms with Crippen molar-refractivity contribution in [2.75, 3.05) is 13.2 Å². The van der Waals surface area contributed by atoms with E-state index in [-0.39, 0.29) is 18.5 Å². The highest BCUT2D eigenvalue weighted by molar-refractivity contribution is 5.76. The summed E-state index contributed by atoms with van der Waals surface area (Å²) in [4.78, 5) is 24.5. The van der Waals surface area contributed by atoms with Crippen molar-refractivity contribution in [1.82, 2.24) is 5.32 Å². The molecule has 69 heavy (non-hydrogen) atoms. The van der Waals surface area contributed by atoms with E-state index in [9.17, 15) is 19.8 Å². The lowest BCUT2D eigenvalue weighted by atomic mass is 10.0. The number of amides is 1. The lowest BCUT2D eigenvalue weighted by molar-refractivity contribution is -0.143. The topological polar surface area (TPSA) is 95.9 Å². The smallest absolute Gasteiger partial charge is 0.305 e. The van der Waals surface area contributed by atoms with Crippen LogP contribution < -0.4 is 5.32 Å². The number of allylic oxidation sites excluding steroid dienone is 4. The summed E-state index contributed by atoms with van der Waals surface area (Å²) in [5.41, 5.74) is 0. The summed E-state index contributed by atoms with van der Waals surface area (Å²) in [6.07, 6.45) is 71.9. The van der Waals surface area contributed by atoms with Gasteiger partial charge in [-0.1, -0.05) is 276 Å². The molecule has 0 radical (unpaired) electrons. The van der Waals surface area contributed by atoms with Crippen molar-refractivity contribution in [3.05, 3.63) is 24.3 Å². The molecule has 0 spiro atoms. The van der Waals surface area contributed by atoms with Gasteiger partial charge >= 0.3 is 5.97 Å². The van der Waals surface area contributed by atoms with Crippen LogP contribution in [0.3, 0.4) is 0 Å². The van der Waals surface area contributed by atoms with E-state index in [0.717, 1.165) is 44.9 Å². The molecule has 0 aliphatic rings. The highest BCUT2D eigenvalue weighted by Crippen LogP contribution is 2.17. The molecule has 0 rings (SSSR count). The van der Waals surface area contributed by atoms with Gasteiger partial charge in [0.05, 0.1) is 25.4 Å². The Kier molecular flexibility index (Phi) is 57.5. The number of nitrogens with one attached hydrogen (secondary N) is 1. The third-order valence-electron chi connectivity index (χ3n) is 14.5. The maximum absolute atomic E-state index is 12.5. The third-order valence-corrected chi connectivity index (χ3v) is 14.5. The summed E-state index contributed by atoms with van der Waals surface area (Å²) in [6, 6.07) is -0.543. The van der Waals surface area contributed by atoms with Crippen molar-refractivity contribution in [2.24, 2.45) is 0 Å². The van der Waals surface area contributed by atoms with Gasteiger partial charge in [-0.2, -0.15) is 0 Å². The van der Waals surface area contributed by atoms with Gasteiger partial charge in [-0.3, -0.25) is 9.59 Å². The second-order valence-electron chi connectivity index (χ2n) is 21.4. The van der Waals surface area contributed by atoms with E-state index in [1.807, 2.05) is 0 Å². The fourth-order valence-corrected chi connectivity index (χ4v) is 9.69. The van der Waals surface area contributed by atoms with E-state index in [1.165, 1.54) is 263 Å². The molecule has 2 unspecified atom stereocenters. The minimum atomic E-state index is -0.666. The molecule has 6 heteroatoms. The summed E-state index contributed by atoms with van der Waals surface area (Å²) in [5, 5.41) is 23.3. The molecule has 3 N–H and O–H groups in total. The zero-order valence-electron chi connectivity index (χ0n) is 46.6. The van der Waals surface area contributed by atoms with Gasteiger partial charge in [0.25, 0.3) is 0 Å². The second kappa shape index (κ2) is 58.9. The summed E-state index contributed by atoms with van der Waals surface area (Å²) in [6.45, 7) is 4.94. The summed E-state index contributed by atoms with van der Waals surface area (Å²) in [5.74, 6) is -0.0326. The maximum Gasteiger partial charge on any atom is 0.305 e. The van der Waals surface area contributed by atoms with Crippen LogP contribution in [-0.2, 0) is 14.3 Å². The van der Waals surface area contributed by atoms with Gasteiger partial charge in [0.1, 0.15) is 0 Å². The largest absolute Gasteiger partial charge is 0.466 e. The SMILES string of the molecule is CCCCC/C=C\CCCCCCCC(=O)OCCCCCCCCCCCCCC/C=C\CCCCCCCCCCCC(=O)NC(CO)C(O)CCCCCCCCCCCCCCCCC. The number of rotatable bonds is 58. The fraction of sp³-hybridized carbons (Fsp3) is 0.905. The van der Waals surface area contributed by atoms with Crippen LogP contribution in [0.1, 0.15) is 341 Å². The molecule has 0 saturated heterocycles. The van der Waals surface area contributed by atoms with Crippen molar-refractivity contribution in [3.63, 3.8) is 0 Å². The molecule has 6 nitrogen and oxygen atoms in total. The first-order chi connectivity index (χ1) is 34.0. The van der Waals surface area contributed by atoms with E-state index < -0.39 is 12.1 Å². The lowest BCUT2D eigenvalue weighted by Gasteiger charge is -2.22. The Hall–Kier alpha value is -1.66. The molecule has 0 aromatic heterocycles. The average Bonchev–Trinajstić information content (AvgIpc) is 3.35. The zero-order chi connectivity index (χ0) is 50.0. The van der Waals surface area contributed by atoms with E-state index >= 15 is 0 Å². The Morgan fingerprint density at radius 3 is 1.06 bits per heavy atom. The number of hydrogen-bond acceptors (Lipinski definition) is 5. The van der Waals surface area contributed by atoms with Crippen LogP contribution >= 0.6 is 0 Å². The normalized spacial score (nSPS) is 12.7. The maximum atomic E-state index is 12.5. The van der Waals surface area contributed by atoms with Crippen molar-refractivity contribution in [1.29, 1.82) is 0 Å². The highest BCUT2D eigenvalue weighted by atomic mass is 16.5. The molecule has 0 saturated carbocycles. The minimum Gasteiger partial charge on any atom is -0.466 e. The predicted octanol–water partition coefficient (Wildman–Crippen LogP) is 19.4. The van der Waals surface area contributed by atoms with Crippen LogP contribution in [0.4, 0.5) is 0 Å². The van der Waals surface area contributed by atoms with Crippen LogP contribution in [0.25, 0.3) is 0 Å². The monoisotopic (exact) mass is 972 g/mol. The Balaban J connectivity index is 3.40. The second-order valence-corrected chi connectivity index (χ2v) is 21.4. The number of carbonyl (C=O) groups excluding carboxylic acids is 2. The number of unbranched alkanes of at least 4 members (excludes halogenated alkanes) is 43. The lowest BCUT2D eigenvalue weighted by Crippen LogP contribution is -2.45. The van der Waals surface area contributed by atoms with Crippen LogP contribution in [-0.4, -0.2) is 47.4 Å². The number of aliphatic hydroxyl groups is 2. The Bertz CT molecular complexity index is 1080. The summed E-state index contributed by atoms with van der Waals surface area (Å²) >= 11 is 0. The van der Waals surface area contributed by atoms with E-state index in [1.54, 1.807) is 0 Å².